The van der Waals surface area contributed by atoms with Crippen LogP contribution in [0.4, 0.5) is 0 Å². The average Bonchev–Trinajstić information content (AvgIpc) is 4.11. The van der Waals surface area contributed by atoms with E-state index in [1.54, 1.807) is 0 Å². The van der Waals surface area contributed by atoms with E-state index >= 15 is 0 Å². The van der Waals surface area contributed by atoms with Crippen LogP contribution in [0.5, 0.6) is 0 Å². The van der Waals surface area contributed by atoms with Crippen LogP contribution in [-0.2, 0) is 12.8 Å². The van der Waals surface area contributed by atoms with Crippen LogP contribution < -0.4 is 20.7 Å². The molecular weight excluding hydrogens is 975 g/mol. The van der Waals surface area contributed by atoms with Gasteiger partial charge in [-0.25, -0.2) is 0 Å². The van der Waals surface area contributed by atoms with Gasteiger partial charge in [-0.05, 0) is 175 Å². The molecule has 2 aromatic heterocycles. The van der Waals surface area contributed by atoms with Crippen LogP contribution in [-0.4, -0.2) is 13.1 Å². The third-order valence-corrected chi connectivity index (χ3v) is 23.4. The molecule has 372 valence electrons. The highest BCUT2D eigenvalue weighted by atomic mass is 32.1. The molecule has 0 radical (unpaired) electrons. The normalized spacial score (nSPS) is 12.9. The fourth-order valence-corrected chi connectivity index (χ4v) is 20.0. The number of thiophene rings is 1. The van der Waals surface area contributed by atoms with Crippen molar-refractivity contribution in [2.45, 2.75) is 52.4 Å². The van der Waals surface area contributed by atoms with Gasteiger partial charge < -0.3 is 0 Å². The van der Waals surface area contributed by atoms with Crippen LogP contribution in [0.1, 0.15) is 50.7 Å². The summed E-state index contributed by atoms with van der Waals surface area (Å²) < 4.78 is 2.56. The molecule has 0 fully saturated rings. The molecule has 78 heavy (non-hydrogen) atoms. The van der Waals surface area contributed by atoms with Gasteiger partial charge in [-0.1, -0.05) is 221 Å². The second-order valence-corrected chi connectivity index (χ2v) is 26.5. The van der Waals surface area contributed by atoms with Crippen molar-refractivity contribution < 1.29 is 0 Å². The molecule has 0 N–H and O–H groups in total. The third kappa shape index (κ3) is 7.21. The van der Waals surface area contributed by atoms with Gasteiger partial charge >= 0.3 is 0 Å². The smallest absolute Gasteiger partial charge is 0.180 e. The lowest BCUT2D eigenvalue weighted by atomic mass is 9.86. The van der Waals surface area contributed by atoms with E-state index in [1.165, 1.54) is 171 Å². The lowest BCUT2D eigenvalue weighted by molar-refractivity contribution is 0.795. The number of aryl methyl sites for hydroxylation is 2. The molecule has 0 amide bonds. The summed E-state index contributed by atoms with van der Waals surface area (Å²) in [6.45, 7) is 4.58. The molecule has 0 unspecified atom stereocenters. The Kier molecular flexibility index (Phi) is 11.3. The van der Waals surface area contributed by atoms with Crippen molar-refractivity contribution in [1.29, 1.82) is 0 Å². The fraction of sp³-hybridized carbons (Fsp3) is 0.107. The van der Waals surface area contributed by atoms with Gasteiger partial charge in [-0.2, -0.15) is 0 Å². The van der Waals surface area contributed by atoms with E-state index in [2.05, 4.69) is 244 Å². The minimum atomic E-state index is -2.78. The number of rotatable bonds is 11. The Balaban J connectivity index is 0.946. The summed E-state index contributed by atoms with van der Waals surface area (Å²) in [6, 6.07) is 87.0. The number of hydrogen-bond acceptors (Lipinski definition) is 2. The molecular formula is C75H57NSSi. The molecule has 0 spiro atoms. The van der Waals surface area contributed by atoms with Crippen LogP contribution in [0.2, 0.25) is 0 Å². The molecule has 3 heteroatoms. The minimum Gasteiger partial charge on any atom is -0.264 e. The zero-order chi connectivity index (χ0) is 51.9. The third-order valence-electron chi connectivity index (χ3n) is 17.4. The van der Waals surface area contributed by atoms with Gasteiger partial charge in [0.25, 0.3) is 0 Å². The first-order valence-electron chi connectivity index (χ1n) is 28.1. The molecule has 3 heterocycles. The minimum absolute atomic E-state index is 1.12. The van der Waals surface area contributed by atoms with Crippen molar-refractivity contribution in [2.24, 2.45) is 0 Å². The highest BCUT2D eigenvalue weighted by Crippen LogP contribution is 2.49. The number of aromatic nitrogens is 1. The number of nitrogens with zero attached hydrogens (tertiary/aromatic N) is 1. The molecule has 12 aromatic carbocycles. The molecule has 0 saturated carbocycles. The predicted octanol–water partition coefficient (Wildman–Crippen LogP) is 18.3. The van der Waals surface area contributed by atoms with Gasteiger partial charge in [0.05, 0.1) is 0 Å². The van der Waals surface area contributed by atoms with Gasteiger partial charge in [-0.15, -0.1) is 11.3 Å². The van der Waals surface area contributed by atoms with Crippen LogP contribution in [0.15, 0.2) is 237 Å². The summed E-state index contributed by atoms with van der Waals surface area (Å²) in [6.07, 6.45) is 11.0. The number of unbranched alkanes of at least 4 members (excludes halogenated alkanes) is 2. The second-order valence-electron chi connectivity index (χ2n) is 21.7. The lowest BCUT2D eigenvalue weighted by Crippen LogP contribution is -2.72. The Morgan fingerprint density at radius 2 is 0.974 bits per heavy atom. The molecule has 1 nitrogen and oxygen atoms in total. The van der Waals surface area contributed by atoms with E-state index < -0.39 is 8.07 Å². The number of hydrogen-bond donors (Lipinski definition) is 0. The van der Waals surface area contributed by atoms with E-state index in [4.69, 9.17) is 4.98 Å². The summed E-state index contributed by atoms with van der Waals surface area (Å²) in [4.78, 5) is 4.74. The summed E-state index contributed by atoms with van der Waals surface area (Å²) in [5.41, 5.74) is 12.9. The van der Waals surface area contributed by atoms with Gasteiger partial charge in [0, 0.05) is 43.7 Å². The first-order chi connectivity index (χ1) is 38.6. The van der Waals surface area contributed by atoms with Crippen molar-refractivity contribution in [3.05, 3.63) is 248 Å². The Morgan fingerprint density at radius 1 is 0.372 bits per heavy atom. The van der Waals surface area contributed by atoms with Gasteiger partial charge in [0.2, 0.25) is 0 Å². The van der Waals surface area contributed by atoms with Gasteiger partial charge in [-0.3, -0.25) is 4.98 Å². The highest BCUT2D eigenvalue weighted by molar-refractivity contribution is 7.26. The average molecular weight is 1030 g/mol. The zero-order valence-corrected chi connectivity index (χ0v) is 45.9. The SMILES string of the molecule is CCCCc1ccc([Si]2(c3ccc(CCCC)cc3)c3ccccc3-c3c2ccc2c4ccc(-c5ccc6sc7ccc(-c8cccc9c8ccc8ccccc89)cc7c6c5-c5cccnc5)cc4c4ccccc4c32)cc1. The molecule has 0 atom stereocenters. The van der Waals surface area contributed by atoms with Gasteiger partial charge in [0.15, 0.2) is 8.07 Å². The Hall–Kier alpha value is -8.47. The molecule has 0 aliphatic carbocycles. The van der Waals surface area contributed by atoms with Crippen LogP contribution in [0.3, 0.4) is 0 Å². The zero-order valence-electron chi connectivity index (χ0n) is 44.1. The van der Waals surface area contributed by atoms with Crippen molar-refractivity contribution in [2.75, 3.05) is 0 Å². The predicted molar refractivity (Wildman–Crippen MR) is 341 cm³/mol. The van der Waals surface area contributed by atoms with Crippen molar-refractivity contribution in [3.8, 4) is 44.5 Å². The first kappa shape index (κ1) is 46.8. The summed E-state index contributed by atoms with van der Waals surface area (Å²) in [5.74, 6) is 0. The second kappa shape index (κ2) is 18.9. The van der Waals surface area contributed by atoms with Crippen molar-refractivity contribution >= 4 is 114 Å². The van der Waals surface area contributed by atoms with Crippen molar-refractivity contribution in [1.82, 2.24) is 4.98 Å². The Bertz CT molecular complexity index is 4610. The molecule has 15 rings (SSSR count). The van der Waals surface area contributed by atoms with E-state index in [-0.39, 0.29) is 0 Å². The monoisotopic (exact) mass is 1030 g/mol. The number of benzene rings is 12. The molecule has 0 saturated heterocycles. The fourth-order valence-electron chi connectivity index (χ4n) is 13.8. The molecule has 14 aromatic rings. The molecule has 1 aliphatic heterocycles. The van der Waals surface area contributed by atoms with E-state index in [0.717, 1.165) is 18.4 Å². The van der Waals surface area contributed by atoms with E-state index in [0.29, 0.717) is 0 Å². The van der Waals surface area contributed by atoms with E-state index in [1.807, 2.05) is 17.5 Å². The van der Waals surface area contributed by atoms with E-state index in [9.17, 15) is 0 Å². The molecule has 1 aliphatic rings. The topological polar surface area (TPSA) is 12.9 Å². The lowest BCUT2D eigenvalue weighted by Gasteiger charge is -2.32. The maximum absolute atomic E-state index is 4.74. The summed E-state index contributed by atoms with van der Waals surface area (Å²) in [5, 5.41) is 21.4. The number of pyridine rings is 1. The standard InChI is InChI=1S/C75H57NSSi/c1-3-5-15-48-26-33-54(34-27-48)78(55-35-28-49(29-36-55)16-6-4-2)70-25-12-11-22-65(70)75-71(78)43-40-64-62-38-31-52(45-66(62)60-20-9-10-21-63(60)73(64)75)58-39-42-69-74(72(58)53-18-14-44-76-47-53)67-46-51(32-41-68(67)77-69)57-23-13-24-59-56-19-8-7-17-50(56)30-37-61(57)59/h7-14,17-47H,3-6,15-16H2,1-2H3. The number of fused-ring (bicyclic) bond motifs is 16. The van der Waals surface area contributed by atoms with Crippen LogP contribution >= 0.6 is 11.3 Å². The summed E-state index contributed by atoms with van der Waals surface area (Å²) >= 11 is 1.88. The first-order valence-corrected chi connectivity index (χ1v) is 30.9. The van der Waals surface area contributed by atoms with Crippen molar-refractivity contribution in [3.63, 3.8) is 0 Å². The van der Waals surface area contributed by atoms with Gasteiger partial charge in [0.1, 0.15) is 0 Å². The maximum Gasteiger partial charge on any atom is 0.180 e. The largest absolute Gasteiger partial charge is 0.264 e. The summed E-state index contributed by atoms with van der Waals surface area (Å²) in [7, 11) is -2.78. The molecule has 0 bridgehead atoms. The van der Waals surface area contributed by atoms with Crippen LogP contribution in [0.25, 0.3) is 119 Å². The maximum atomic E-state index is 4.74. The Morgan fingerprint density at radius 3 is 1.74 bits per heavy atom. The Labute approximate surface area is 461 Å². The highest BCUT2D eigenvalue weighted by Gasteiger charge is 2.49. The van der Waals surface area contributed by atoms with Crippen LogP contribution in [0, 0.1) is 0 Å². The quantitative estimate of drug-likeness (QED) is 0.0929.